The van der Waals surface area contributed by atoms with Gasteiger partial charge in [-0.05, 0) is 59.0 Å². The van der Waals surface area contributed by atoms with Crippen molar-refractivity contribution in [2.24, 2.45) is 0 Å². The Kier molecular flexibility index (Phi) is 3.72. The SMILES string of the molecule is COc1cccc(-c2ccc3c(ccc(=O)n3-c3nc4ccccc4[nH]3)c2)c1. The molecule has 2 heterocycles. The molecule has 0 unspecified atom stereocenters. The molecule has 0 amide bonds. The molecule has 0 aliphatic carbocycles. The highest BCUT2D eigenvalue weighted by Gasteiger charge is 2.11. The van der Waals surface area contributed by atoms with Crippen molar-refractivity contribution in [2.75, 3.05) is 7.11 Å². The summed E-state index contributed by atoms with van der Waals surface area (Å²) in [6, 6.07) is 25.1. The molecule has 5 rings (SSSR count). The maximum atomic E-state index is 12.6. The number of aromatic amines is 1. The summed E-state index contributed by atoms with van der Waals surface area (Å²) in [7, 11) is 1.66. The Balaban J connectivity index is 1.70. The van der Waals surface area contributed by atoms with Crippen LogP contribution in [0.15, 0.2) is 83.7 Å². The second kappa shape index (κ2) is 6.39. The molecule has 28 heavy (non-hydrogen) atoms. The van der Waals surface area contributed by atoms with Gasteiger partial charge < -0.3 is 9.72 Å². The molecular formula is C23H17N3O2. The van der Waals surface area contributed by atoms with Gasteiger partial charge in [0.05, 0.1) is 23.7 Å². The summed E-state index contributed by atoms with van der Waals surface area (Å²) < 4.78 is 6.94. The first-order valence-electron chi connectivity index (χ1n) is 8.98. The molecule has 0 saturated heterocycles. The number of pyridine rings is 1. The molecule has 5 heteroatoms. The molecule has 2 aromatic heterocycles. The molecule has 0 atom stereocenters. The zero-order chi connectivity index (χ0) is 19.1. The molecule has 5 nitrogen and oxygen atoms in total. The van der Waals surface area contributed by atoms with E-state index in [4.69, 9.17) is 4.74 Å². The van der Waals surface area contributed by atoms with Crippen molar-refractivity contribution in [1.29, 1.82) is 0 Å². The second-order valence-corrected chi connectivity index (χ2v) is 6.59. The molecule has 0 radical (unpaired) electrons. The number of hydrogen-bond donors (Lipinski definition) is 1. The Hall–Kier alpha value is -3.86. The first-order chi connectivity index (χ1) is 13.7. The molecule has 0 spiro atoms. The fourth-order valence-corrected chi connectivity index (χ4v) is 3.49. The van der Waals surface area contributed by atoms with E-state index >= 15 is 0 Å². The van der Waals surface area contributed by atoms with Crippen LogP contribution in [0, 0.1) is 0 Å². The third-order valence-corrected chi connectivity index (χ3v) is 4.89. The lowest BCUT2D eigenvalue weighted by Gasteiger charge is -2.10. The zero-order valence-electron chi connectivity index (χ0n) is 15.2. The molecule has 0 aliphatic heterocycles. The quantitative estimate of drug-likeness (QED) is 0.509. The number of ether oxygens (including phenoxy) is 1. The van der Waals surface area contributed by atoms with E-state index in [2.05, 4.69) is 16.0 Å². The molecule has 1 N–H and O–H groups in total. The van der Waals surface area contributed by atoms with Crippen LogP contribution in [0.5, 0.6) is 5.75 Å². The Labute approximate surface area is 160 Å². The number of fused-ring (bicyclic) bond motifs is 2. The first kappa shape index (κ1) is 16.3. The first-order valence-corrected chi connectivity index (χ1v) is 8.98. The van der Waals surface area contributed by atoms with Crippen molar-refractivity contribution in [3.05, 3.63) is 89.2 Å². The summed E-state index contributed by atoms with van der Waals surface area (Å²) in [5.74, 6) is 1.33. The average molecular weight is 367 g/mol. The third kappa shape index (κ3) is 2.65. The van der Waals surface area contributed by atoms with Gasteiger partial charge in [-0.3, -0.25) is 4.79 Å². The Bertz CT molecular complexity index is 1350. The van der Waals surface area contributed by atoms with Crippen molar-refractivity contribution in [2.45, 2.75) is 0 Å². The second-order valence-electron chi connectivity index (χ2n) is 6.59. The summed E-state index contributed by atoms with van der Waals surface area (Å²) >= 11 is 0. The van der Waals surface area contributed by atoms with Crippen LogP contribution in [0.3, 0.4) is 0 Å². The van der Waals surface area contributed by atoms with Gasteiger partial charge in [-0.2, -0.15) is 0 Å². The number of methoxy groups -OCH3 is 1. The van der Waals surface area contributed by atoms with Gasteiger partial charge in [-0.25, -0.2) is 9.55 Å². The van der Waals surface area contributed by atoms with Crippen molar-refractivity contribution < 1.29 is 4.74 Å². The minimum atomic E-state index is -0.124. The number of nitrogens with zero attached hydrogens (tertiary/aromatic N) is 2. The van der Waals surface area contributed by atoms with Crippen LogP contribution in [0.2, 0.25) is 0 Å². The predicted molar refractivity (Wildman–Crippen MR) is 111 cm³/mol. The van der Waals surface area contributed by atoms with Gasteiger partial charge in [0.15, 0.2) is 0 Å². The fraction of sp³-hybridized carbons (Fsp3) is 0.0435. The average Bonchev–Trinajstić information content (AvgIpc) is 3.17. The van der Waals surface area contributed by atoms with Gasteiger partial charge in [-0.1, -0.05) is 30.3 Å². The maximum Gasteiger partial charge on any atom is 0.257 e. The normalized spacial score (nSPS) is 11.2. The van der Waals surface area contributed by atoms with E-state index in [-0.39, 0.29) is 5.56 Å². The number of benzene rings is 3. The van der Waals surface area contributed by atoms with Gasteiger partial charge in [-0.15, -0.1) is 0 Å². The Morgan fingerprint density at radius 2 is 1.75 bits per heavy atom. The van der Waals surface area contributed by atoms with Crippen molar-refractivity contribution in [3.8, 4) is 22.8 Å². The van der Waals surface area contributed by atoms with E-state index in [1.165, 1.54) is 0 Å². The minimum Gasteiger partial charge on any atom is -0.497 e. The molecule has 0 saturated carbocycles. The molecule has 0 fully saturated rings. The monoisotopic (exact) mass is 367 g/mol. The molecular weight excluding hydrogens is 350 g/mol. The van der Waals surface area contributed by atoms with Gasteiger partial charge in [0, 0.05) is 6.07 Å². The number of aromatic nitrogens is 3. The highest BCUT2D eigenvalue weighted by molar-refractivity contribution is 5.86. The number of para-hydroxylation sites is 2. The molecule has 136 valence electrons. The van der Waals surface area contributed by atoms with Crippen LogP contribution in [-0.4, -0.2) is 21.6 Å². The number of nitrogens with one attached hydrogen (secondary N) is 1. The van der Waals surface area contributed by atoms with Crippen LogP contribution in [0.4, 0.5) is 0 Å². The predicted octanol–water partition coefficient (Wildman–Crippen LogP) is 4.54. The zero-order valence-corrected chi connectivity index (χ0v) is 15.2. The van der Waals surface area contributed by atoms with E-state index in [0.717, 1.165) is 38.8 Å². The number of H-pyrrole nitrogens is 1. The largest absolute Gasteiger partial charge is 0.497 e. The summed E-state index contributed by atoms with van der Waals surface area (Å²) in [6.07, 6.45) is 0. The van der Waals surface area contributed by atoms with Crippen LogP contribution in [-0.2, 0) is 0 Å². The highest BCUT2D eigenvalue weighted by atomic mass is 16.5. The standard InChI is InChI=1S/C23H17N3O2/c1-28-18-6-4-5-15(14-18)16-9-11-21-17(13-16)10-12-22(27)26(21)23-24-19-7-2-3-8-20(19)25-23/h2-14H,1H3,(H,24,25). The number of imidazole rings is 1. The molecule has 3 aromatic carbocycles. The lowest BCUT2D eigenvalue weighted by Crippen LogP contribution is -2.18. The van der Waals surface area contributed by atoms with E-state index < -0.39 is 0 Å². The Morgan fingerprint density at radius 1 is 0.893 bits per heavy atom. The lowest BCUT2D eigenvalue weighted by molar-refractivity contribution is 0.415. The van der Waals surface area contributed by atoms with Gasteiger partial charge in [0.1, 0.15) is 5.75 Å². The van der Waals surface area contributed by atoms with Crippen LogP contribution >= 0.6 is 0 Å². The number of rotatable bonds is 3. The van der Waals surface area contributed by atoms with Crippen LogP contribution in [0.1, 0.15) is 0 Å². The molecule has 0 aliphatic rings. The summed E-state index contributed by atoms with van der Waals surface area (Å²) in [5.41, 5.74) is 4.52. The Morgan fingerprint density at radius 3 is 2.61 bits per heavy atom. The molecule has 0 bridgehead atoms. The summed E-state index contributed by atoms with van der Waals surface area (Å²) in [5, 5.41) is 0.959. The van der Waals surface area contributed by atoms with Crippen LogP contribution in [0.25, 0.3) is 39.0 Å². The van der Waals surface area contributed by atoms with E-state index in [1.807, 2.05) is 66.7 Å². The van der Waals surface area contributed by atoms with Crippen molar-refractivity contribution >= 4 is 21.9 Å². The van der Waals surface area contributed by atoms with Gasteiger partial charge >= 0.3 is 0 Å². The number of hydrogen-bond acceptors (Lipinski definition) is 3. The van der Waals surface area contributed by atoms with E-state index in [9.17, 15) is 4.79 Å². The topological polar surface area (TPSA) is 59.9 Å². The maximum absolute atomic E-state index is 12.6. The van der Waals surface area contributed by atoms with Crippen molar-refractivity contribution in [1.82, 2.24) is 14.5 Å². The summed E-state index contributed by atoms with van der Waals surface area (Å²) in [4.78, 5) is 20.5. The summed E-state index contributed by atoms with van der Waals surface area (Å²) in [6.45, 7) is 0. The van der Waals surface area contributed by atoms with E-state index in [0.29, 0.717) is 5.95 Å². The lowest BCUT2D eigenvalue weighted by atomic mass is 10.0. The van der Waals surface area contributed by atoms with Gasteiger partial charge in [0.2, 0.25) is 5.95 Å². The van der Waals surface area contributed by atoms with E-state index in [1.54, 1.807) is 17.7 Å². The smallest absolute Gasteiger partial charge is 0.257 e. The highest BCUT2D eigenvalue weighted by Crippen LogP contribution is 2.27. The minimum absolute atomic E-state index is 0.124. The fourth-order valence-electron chi connectivity index (χ4n) is 3.49. The third-order valence-electron chi connectivity index (χ3n) is 4.89. The van der Waals surface area contributed by atoms with Crippen molar-refractivity contribution in [3.63, 3.8) is 0 Å². The van der Waals surface area contributed by atoms with Crippen LogP contribution < -0.4 is 10.3 Å². The van der Waals surface area contributed by atoms with Gasteiger partial charge in [0.25, 0.3) is 5.56 Å². The molecule has 5 aromatic rings.